The van der Waals surface area contributed by atoms with Crippen molar-refractivity contribution in [1.82, 2.24) is 5.32 Å². The van der Waals surface area contributed by atoms with Crippen molar-refractivity contribution in [3.8, 4) is 5.75 Å². The fourth-order valence-electron chi connectivity index (χ4n) is 3.89. The van der Waals surface area contributed by atoms with Crippen molar-refractivity contribution in [2.45, 2.75) is 103 Å². The van der Waals surface area contributed by atoms with Crippen LogP contribution in [0.4, 0.5) is 4.79 Å². The van der Waals surface area contributed by atoms with Crippen LogP contribution in [0.2, 0.25) is 0 Å². The SMILES string of the molecule is CCCCCCCCCCCCCCC(OC(=O)NCCCS(=O)(=O)[O-])c1ccc(OC)cc1. The number of hydrogen-bond acceptors (Lipinski definition) is 6. The Morgan fingerprint density at radius 3 is 1.91 bits per heavy atom. The molecule has 0 radical (unpaired) electrons. The first kappa shape index (κ1) is 30.2. The molecular weight excluding hydrogens is 454 g/mol. The molecular formula is C26H44NO6S-. The summed E-state index contributed by atoms with van der Waals surface area (Å²) in [4.78, 5) is 12.2. The molecule has 1 N–H and O–H groups in total. The number of hydrogen-bond donors (Lipinski definition) is 1. The summed E-state index contributed by atoms with van der Waals surface area (Å²) in [6.07, 6.45) is 14.9. The highest BCUT2D eigenvalue weighted by atomic mass is 32.2. The number of nitrogens with one attached hydrogen (secondary N) is 1. The summed E-state index contributed by atoms with van der Waals surface area (Å²) >= 11 is 0. The Bertz CT molecular complexity index is 751. The van der Waals surface area contributed by atoms with E-state index in [1.54, 1.807) is 7.11 Å². The summed E-state index contributed by atoms with van der Waals surface area (Å²) in [5, 5.41) is 2.54. The van der Waals surface area contributed by atoms with Crippen molar-refractivity contribution < 1.29 is 27.2 Å². The molecule has 1 amide bonds. The first-order valence-corrected chi connectivity index (χ1v) is 14.5. The Hall–Kier alpha value is -1.80. The van der Waals surface area contributed by atoms with Crippen molar-refractivity contribution in [3.05, 3.63) is 29.8 Å². The molecule has 0 aliphatic rings. The molecule has 7 nitrogen and oxygen atoms in total. The van der Waals surface area contributed by atoms with Crippen LogP contribution in [-0.2, 0) is 14.9 Å². The predicted octanol–water partition coefficient (Wildman–Crippen LogP) is 6.49. The smallest absolute Gasteiger partial charge is 0.407 e. The summed E-state index contributed by atoms with van der Waals surface area (Å²) in [6, 6.07) is 7.46. The van der Waals surface area contributed by atoms with E-state index < -0.39 is 28.1 Å². The zero-order chi connectivity index (χ0) is 25.1. The van der Waals surface area contributed by atoms with E-state index in [2.05, 4.69) is 12.2 Å². The van der Waals surface area contributed by atoms with Gasteiger partial charge >= 0.3 is 6.09 Å². The fourth-order valence-corrected chi connectivity index (χ4v) is 4.39. The maximum atomic E-state index is 12.2. The zero-order valence-electron chi connectivity index (χ0n) is 21.1. The minimum atomic E-state index is -4.28. The van der Waals surface area contributed by atoms with Gasteiger partial charge in [-0.25, -0.2) is 13.2 Å². The Labute approximate surface area is 206 Å². The summed E-state index contributed by atoms with van der Waals surface area (Å²) in [5.74, 6) is 0.227. The predicted molar refractivity (Wildman–Crippen MR) is 135 cm³/mol. The summed E-state index contributed by atoms with van der Waals surface area (Å²) in [7, 11) is -2.68. The molecule has 8 heteroatoms. The van der Waals surface area contributed by atoms with Gasteiger partial charge < -0.3 is 19.3 Å². The second-order valence-corrected chi connectivity index (χ2v) is 10.4. The van der Waals surface area contributed by atoms with Gasteiger partial charge in [0.25, 0.3) is 0 Å². The zero-order valence-corrected chi connectivity index (χ0v) is 21.9. The molecule has 0 saturated carbocycles. The summed E-state index contributed by atoms with van der Waals surface area (Å²) < 4.78 is 42.9. The van der Waals surface area contributed by atoms with Crippen molar-refractivity contribution in [3.63, 3.8) is 0 Å². The summed E-state index contributed by atoms with van der Waals surface area (Å²) in [5.41, 5.74) is 0.890. The minimum Gasteiger partial charge on any atom is -0.748 e. The van der Waals surface area contributed by atoms with Gasteiger partial charge in [-0.2, -0.15) is 0 Å². The molecule has 0 saturated heterocycles. The van der Waals surface area contributed by atoms with Crippen molar-refractivity contribution in [2.75, 3.05) is 19.4 Å². The van der Waals surface area contributed by atoms with Crippen LogP contribution >= 0.6 is 0 Å². The first-order valence-electron chi connectivity index (χ1n) is 12.9. The molecule has 196 valence electrons. The standard InChI is InChI=1S/C26H45NO6S/c1-3-4-5-6-7-8-9-10-11-12-13-14-16-25(23-17-19-24(32-2)20-18-23)33-26(28)27-21-15-22-34(29,30)31/h17-20,25H,3-16,21-22H2,1-2H3,(H,27,28)(H,29,30,31)/p-1. The minimum absolute atomic E-state index is 0.0624. The van der Waals surface area contributed by atoms with Crippen LogP contribution in [0.1, 0.15) is 108 Å². The monoisotopic (exact) mass is 498 g/mol. The van der Waals surface area contributed by atoms with Crippen molar-refractivity contribution in [1.29, 1.82) is 0 Å². The third-order valence-electron chi connectivity index (χ3n) is 5.90. The second-order valence-electron chi connectivity index (χ2n) is 8.89. The van der Waals surface area contributed by atoms with E-state index in [9.17, 15) is 17.8 Å². The van der Waals surface area contributed by atoms with Gasteiger partial charge in [0.15, 0.2) is 0 Å². The number of amides is 1. The number of ether oxygens (including phenoxy) is 2. The molecule has 1 aromatic rings. The van der Waals surface area contributed by atoms with Crippen LogP contribution in [0.5, 0.6) is 5.75 Å². The molecule has 1 aromatic carbocycles. The lowest BCUT2D eigenvalue weighted by atomic mass is 10.0. The van der Waals surface area contributed by atoms with Gasteiger partial charge in [-0.05, 0) is 37.0 Å². The Kier molecular flexibility index (Phi) is 16.5. The normalized spacial score (nSPS) is 12.3. The van der Waals surface area contributed by atoms with Crippen molar-refractivity contribution in [2.24, 2.45) is 0 Å². The van der Waals surface area contributed by atoms with E-state index in [4.69, 9.17) is 9.47 Å². The average Bonchev–Trinajstić information content (AvgIpc) is 2.81. The number of carbonyl (C=O) groups excluding carboxylic acids is 1. The molecule has 1 atom stereocenters. The lowest BCUT2D eigenvalue weighted by Crippen LogP contribution is -2.28. The fraction of sp³-hybridized carbons (Fsp3) is 0.731. The van der Waals surface area contributed by atoms with Crippen LogP contribution < -0.4 is 10.1 Å². The number of benzene rings is 1. The van der Waals surface area contributed by atoms with E-state index >= 15 is 0 Å². The van der Waals surface area contributed by atoms with Crippen LogP contribution in [0.3, 0.4) is 0 Å². The van der Waals surface area contributed by atoms with E-state index in [1.165, 1.54) is 64.2 Å². The number of carbonyl (C=O) groups is 1. The highest BCUT2D eigenvalue weighted by Gasteiger charge is 2.17. The number of alkyl carbamates (subject to hydrolysis) is 1. The van der Waals surface area contributed by atoms with E-state index in [1.807, 2.05) is 24.3 Å². The number of unbranched alkanes of at least 4 members (excludes halogenated alkanes) is 11. The molecule has 0 fully saturated rings. The van der Waals surface area contributed by atoms with Gasteiger partial charge in [0.2, 0.25) is 0 Å². The Balaban J connectivity index is 2.34. The molecule has 0 aliphatic carbocycles. The quantitative estimate of drug-likeness (QED) is 0.163. The molecule has 1 unspecified atom stereocenters. The van der Waals surface area contributed by atoms with E-state index in [0.29, 0.717) is 6.42 Å². The average molecular weight is 499 g/mol. The topological polar surface area (TPSA) is 105 Å². The van der Waals surface area contributed by atoms with Crippen LogP contribution in [0, 0.1) is 0 Å². The molecule has 0 aliphatic heterocycles. The highest BCUT2D eigenvalue weighted by molar-refractivity contribution is 7.85. The van der Waals surface area contributed by atoms with Crippen LogP contribution in [0.15, 0.2) is 24.3 Å². The second kappa shape index (κ2) is 18.5. The molecule has 0 bridgehead atoms. The van der Waals surface area contributed by atoms with E-state index in [0.717, 1.165) is 24.2 Å². The Morgan fingerprint density at radius 1 is 0.882 bits per heavy atom. The van der Waals surface area contributed by atoms with E-state index in [-0.39, 0.29) is 13.0 Å². The third-order valence-corrected chi connectivity index (χ3v) is 6.69. The van der Waals surface area contributed by atoms with Gasteiger partial charge in [0, 0.05) is 12.3 Å². The Morgan fingerprint density at radius 2 is 1.41 bits per heavy atom. The van der Waals surface area contributed by atoms with Gasteiger partial charge in [-0.1, -0.05) is 89.7 Å². The van der Waals surface area contributed by atoms with Crippen LogP contribution in [0.25, 0.3) is 0 Å². The molecule has 0 heterocycles. The van der Waals surface area contributed by atoms with Gasteiger partial charge in [0.05, 0.1) is 17.2 Å². The third kappa shape index (κ3) is 15.9. The lowest BCUT2D eigenvalue weighted by Gasteiger charge is -2.19. The molecule has 1 rings (SSSR count). The van der Waals surface area contributed by atoms with Gasteiger partial charge in [-0.3, -0.25) is 0 Å². The number of rotatable bonds is 20. The number of methoxy groups -OCH3 is 1. The van der Waals surface area contributed by atoms with Gasteiger partial charge in [0.1, 0.15) is 11.9 Å². The lowest BCUT2D eigenvalue weighted by molar-refractivity contribution is 0.0908. The largest absolute Gasteiger partial charge is 0.748 e. The first-order chi connectivity index (χ1) is 16.4. The molecule has 0 aromatic heterocycles. The highest BCUT2D eigenvalue weighted by Crippen LogP contribution is 2.26. The summed E-state index contributed by atoms with van der Waals surface area (Å²) in [6.45, 7) is 2.32. The van der Waals surface area contributed by atoms with Gasteiger partial charge in [-0.15, -0.1) is 0 Å². The molecule has 0 spiro atoms. The van der Waals surface area contributed by atoms with Crippen LogP contribution in [-0.4, -0.2) is 38.5 Å². The van der Waals surface area contributed by atoms with Crippen molar-refractivity contribution >= 4 is 16.2 Å². The molecule has 34 heavy (non-hydrogen) atoms. The maximum Gasteiger partial charge on any atom is 0.407 e. The maximum absolute atomic E-state index is 12.2.